The fraction of sp³-hybridized carbons (Fsp3) is 0.857. The van der Waals surface area contributed by atoms with E-state index in [1.165, 1.54) is 0 Å². The van der Waals surface area contributed by atoms with Crippen LogP contribution in [0.4, 0.5) is 0 Å². The summed E-state index contributed by atoms with van der Waals surface area (Å²) < 4.78 is 23.1. The van der Waals surface area contributed by atoms with Crippen LogP contribution in [0, 0.1) is 0 Å². The zero-order chi connectivity index (χ0) is 16.3. The van der Waals surface area contributed by atoms with Gasteiger partial charge in [-0.05, 0) is 26.2 Å². The van der Waals surface area contributed by atoms with E-state index in [0.717, 1.165) is 0 Å². The van der Waals surface area contributed by atoms with Gasteiger partial charge < -0.3 is 10.2 Å². The molecule has 1 fully saturated rings. The van der Waals surface area contributed by atoms with Gasteiger partial charge in [0.1, 0.15) is 21.4 Å². The van der Waals surface area contributed by atoms with Crippen LogP contribution in [-0.2, 0) is 19.4 Å². The van der Waals surface area contributed by atoms with Crippen molar-refractivity contribution in [3.63, 3.8) is 0 Å². The molecule has 1 rings (SSSR count). The maximum atomic E-state index is 12.5. The van der Waals surface area contributed by atoms with Crippen LogP contribution in [0.2, 0.25) is 0 Å². The Kier molecular flexibility index (Phi) is 5.78. The Morgan fingerprint density at radius 2 is 1.86 bits per heavy atom. The number of nitrogens with one attached hydrogen (secondary N) is 1. The van der Waals surface area contributed by atoms with E-state index in [2.05, 4.69) is 5.32 Å². The highest BCUT2D eigenvalue weighted by atomic mass is 32.2. The molecule has 0 aliphatic carbocycles. The zero-order valence-corrected chi connectivity index (χ0v) is 14.1. The van der Waals surface area contributed by atoms with Crippen LogP contribution in [-0.4, -0.2) is 54.8 Å². The number of nitrogens with zero attached hydrogens (tertiary/aromatic N) is 1. The van der Waals surface area contributed by atoms with Crippen LogP contribution < -0.4 is 5.32 Å². The lowest BCUT2D eigenvalue weighted by Crippen LogP contribution is -2.69. The van der Waals surface area contributed by atoms with Crippen molar-refractivity contribution in [2.24, 2.45) is 0 Å². The number of carbonyl (C=O) groups excluding carboxylic acids is 2. The monoisotopic (exact) mass is 318 g/mol. The molecule has 1 aliphatic rings. The Hall–Kier alpha value is -1.11. The summed E-state index contributed by atoms with van der Waals surface area (Å²) in [4.78, 5) is 26.3. The van der Waals surface area contributed by atoms with Crippen molar-refractivity contribution in [1.29, 1.82) is 0 Å². The minimum atomic E-state index is -3.05. The van der Waals surface area contributed by atoms with E-state index in [-0.39, 0.29) is 23.3 Å². The van der Waals surface area contributed by atoms with Crippen LogP contribution in [0.5, 0.6) is 0 Å². The third-order valence-corrected chi connectivity index (χ3v) is 6.12. The van der Waals surface area contributed by atoms with Crippen molar-refractivity contribution in [2.45, 2.75) is 58.5 Å². The quantitative estimate of drug-likeness (QED) is 0.749. The number of rotatable bonds is 7. The second-order valence-corrected chi connectivity index (χ2v) is 8.11. The molecule has 0 radical (unpaired) electrons. The Labute approximate surface area is 127 Å². The average Bonchev–Trinajstić information content (AvgIpc) is 2.46. The molecule has 0 saturated carbocycles. The van der Waals surface area contributed by atoms with Crippen molar-refractivity contribution in [2.75, 3.05) is 18.1 Å². The van der Waals surface area contributed by atoms with E-state index in [1.54, 1.807) is 18.7 Å². The summed E-state index contributed by atoms with van der Waals surface area (Å²) in [6.45, 7) is 7.34. The molecule has 1 aliphatic heterocycles. The highest BCUT2D eigenvalue weighted by Crippen LogP contribution is 2.26. The molecule has 7 heteroatoms. The standard InChI is InChI=1S/C14H26N2O4S/c1-5-11-12(17)16(9-8-10-21(19,20)7-3)14(4,6-2)13(18)15-11/h11H,5-10H2,1-4H3,(H,15,18). The van der Waals surface area contributed by atoms with Crippen molar-refractivity contribution in [3.8, 4) is 0 Å². The SMILES string of the molecule is CCC1NC(=O)C(C)(CC)N(CCCS(=O)(=O)CC)C1=O. The van der Waals surface area contributed by atoms with Crippen LogP contribution in [0.15, 0.2) is 0 Å². The third-order valence-electron chi connectivity index (χ3n) is 4.33. The summed E-state index contributed by atoms with van der Waals surface area (Å²) in [5.41, 5.74) is -0.890. The van der Waals surface area contributed by atoms with E-state index in [9.17, 15) is 18.0 Å². The summed E-state index contributed by atoms with van der Waals surface area (Å²) in [5.74, 6) is -0.125. The molecule has 1 N–H and O–H groups in total. The van der Waals surface area contributed by atoms with E-state index in [0.29, 0.717) is 25.8 Å². The van der Waals surface area contributed by atoms with Gasteiger partial charge in [-0.15, -0.1) is 0 Å². The molecule has 0 aromatic heterocycles. The van der Waals surface area contributed by atoms with Crippen molar-refractivity contribution in [1.82, 2.24) is 10.2 Å². The van der Waals surface area contributed by atoms with Crippen LogP contribution >= 0.6 is 0 Å². The second kappa shape index (κ2) is 6.77. The first-order valence-corrected chi connectivity index (χ1v) is 9.36. The smallest absolute Gasteiger partial charge is 0.246 e. The molecular weight excluding hydrogens is 292 g/mol. The number of hydrogen-bond acceptors (Lipinski definition) is 4. The molecule has 2 atom stereocenters. The molecule has 0 bridgehead atoms. The summed E-state index contributed by atoms with van der Waals surface area (Å²) in [6, 6.07) is -0.500. The molecule has 0 spiro atoms. The lowest BCUT2D eigenvalue weighted by Gasteiger charge is -2.46. The van der Waals surface area contributed by atoms with E-state index < -0.39 is 21.4 Å². The van der Waals surface area contributed by atoms with Crippen molar-refractivity contribution < 1.29 is 18.0 Å². The Morgan fingerprint density at radius 1 is 1.24 bits per heavy atom. The van der Waals surface area contributed by atoms with E-state index in [4.69, 9.17) is 0 Å². The van der Waals surface area contributed by atoms with Crippen molar-refractivity contribution in [3.05, 3.63) is 0 Å². The third kappa shape index (κ3) is 3.75. The van der Waals surface area contributed by atoms with Gasteiger partial charge >= 0.3 is 0 Å². The largest absolute Gasteiger partial charge is 0.342 e. The van der Waals surface area contributed by atoms with Gasteiger partial charge in [0.15, 0.2) is 0 Å². The second-order valence-electron chi connectivity index (χ2n) is 5.64. The van der Waals surface area contributed by atoms with Gasteiger partial charge in [0.2, 0.25) is 11.8 Å². The van der Waals surface area contributed by atoms with Gasteiger partial charge in [0.05, 0.1) is 5.75 Å². The molecular formula is C14H26N2O4S. The minimum Gasteiger partial charge on any atom is -0.342 e. The number of piperazine rings is 1. The first-order chi connectivity index (χ1) is 9.71. The number of amides is 2. The molecule has 1 saturated heterocycles. The summed E-state index contributed by atoms with van der Waals surface area (Å²) >= 11 is 0. The molecule has 122 valence electrons. The number of hydrogen-bond donors (Lipinski definition) is 1. The van der Waals surface area contributed by atoms with Gasteiger partial charge in [0.25, 0.3) is 0 Å². The van der Waals surface area contributed by atoms with Crippen LogP contribution in [0.25, 0.3) is 0 Å². The molecule has 2 unspecified atom stereocenters. The predicted octanol–water partition coefficient (Wildman–Crippen LogP) is 0.717. The van der Waals surface area contributed by atoms with Gasteiger partial charge in [0, 0.05) is 12.3 Å². The first-order valence-electron chi connectivity index (χ1n) is 7.54. The molecule has 2 amide bonds. The molecule has 0 aromatic rings. The van der Waals surface area contributed by atoms with Gasteiger partial charge in [-0.25, -0.2) is 8.42 Å². The predicted molar refractivity (Wildman–Crippen MR) is 81.6 cm³/mol. The van der Waals surface area contributed by atoms with Crippen LogP contribution in [0.3, 0.4) is 0 Å². The summed E-state index contributed by atoms with van der Waals surface area (Å²) in [5, 5.41) is 2.76. The number of carbonyl (C=O) groups is 2. The number of sulfone groups is 1. The maximum Gasteiger partial charge on any atom is 0.246 e. The summed E-state index contributed by atoms with van der Waals surface area (Å²) in [6.07, 6.45) is 1.40. The molecule has 1 heterocycles. The van der Waals surface area contributed by atoms with E-state index >= 15 is 0 Å². The normalized spacial score (nSPS) is 26.9. The highest BCUT2D eigenvalue weighted by Gasteiger charge is 2.47. The lowest BCUT2D eigenvalue weighted by atomic mass is 9.90. The summed E-state index contributed by atoms with van der Waals surface area (Å²) in [7, 11) is -3.05. The van der Waals surface area contributed by atoms with Crippen molar-refractivity contribution >= 4 is 21.7 Å². The Bertz CT molecular complexity index is 503. The topological polar surface area (TPSA) is 83.6 Å². The Morgan fingerprint density at radius 3 is 2.33 bits per heavy atom. The highest BCUT2D eigenvalue weighted by molar-refractivity contribution is 7.91. The van der Waals surface area contributed by atoms with E-state index in [1.807, 2.05) is 13.8 Å². The fourth-order valence-electron chi connectivity index (χ4n) is 2.50. The first kappa shape index (κ1) is 17.9. The minimum absolute atomic E-state index is 0.0471. The maximum absolute atomic E-state index is 12.5. The van der Waals surface area contributed by atoms with Crippen LogP contribution in [0.1, 0.15) is 47.0 Å². The zero-order valence-electron chi connectivity index (χ0n) is 13.3. The Balaban J connectivity index is 2.87. The molecule has 0 aromatic carbocycles. The van der Waals surface area contributed by atoms with Gasteiger partial charge in [-0.1, -0.05) is 20.8 Å². The fourth-order valence-corrected chi connectivity index (χ4v) is 3.36. The molecule has 21 heavy (non-hydrogen) atoms. The van der Waals surface area contributed by atoms with Gasteiger partial charge in [-0.2, -0.15) is 0 Å². The molecule has 6 nitrogen and oxygen atoms in total. The van der Waals surface area contributed by atoms with Gasteiger partial charge in [-0.3, -0.25) is 9.59 Å². The average molecular weight is 318 g/mol. The lowest BCUT2D eigenvalue weighted by molar-refractivity contribution is -0.156.